The average Bonchev–Trinajstić information content (AvgIpc) is 2.59. The van der Waals surface area contributed by atoms with Crippen molar-refractivity contribution in [1.29, 1.82) is 0 Å². The van der Waals surface area contributed by atoms with Crippen molar-refractivity contribution in [2.24, 2.45) is 0 Å². The van der Waals surface area contributed by atoms with E-state index in [1.54, 1.807) is 48.4 Å². The lowest BCUT2D eigenvalue weighted by molar-refractivity contribution is -0.126. The summed E-state index contributed by atoms with van der Waals surface area (Å²) in [6.07, 6.45) is 4.32. The van der Waals surface area contributed by atoms with Crippen LogP contribution in [0.4, 0.5) is 0 Å². The number of hydrogen-bond acceptors (Lipinski definition) is 3. The van der Waals surface area contributed by atoms with Gasteiger partial charge in [-0.2, -0.15) is 0 Å². The smallest absolute Gasteiger partial charge is 0.246 e. The highest BCUT2D eigenvalue weighted by Gasteiger charge is 2.16. The van der Waals surface area contributed by atoms with Gasteiger partial charge in [-0.15, -0.1) is 0 Å². The Morgan fingerprint density at radius 1 is 1.12 bits per heavy atom. The van der Waals surface area contributed by atoms with Crippen molar-refractivity contribution in [2.75, 3.05) is 13.3 Å². The highest BCUT2D eigenvalue weighted by molar-refractivity contribution is 7.90. The molecule has 132 valence electrons. The van der Waals surface area contributed by atoms with Crippen LogP contribution in [0, 0.1) is 0 Å². The first-order chi connectivity index (χ1) is 11.7. The van der Waals surface area contributed by atoms with Gasteiger partial charge in [-0.05, 0) is 42.3 Å². The predicted molar refractivity (Wildman–Crippen MR) is 101 cm³/mol. The SMILES string of the molecule is C[C@@H](c1ccc(S(C)(=O)=O)cc1)N(C)C(=O)/C=C/c1ccccc1Cl. The minimum absolute atomic E-state index is 0.167. The number of benzene rings is 2. The molecule has 2 rings (SSSR count). The lowest BCUT2D eigenvalue weighted by Crippen LogP contribution is -2.28. The van der Waals surface area contributed by atoms with Gasteiger partial charge in [0.25, 0.3) is 0 Å². The van der Waals surface area contributed by atoms with Crippen molar-refractivity contribution in [3.8, 4) is 0 Å². The molecule has 0 spiro atoms. The van der Waals surface area contributed by atoms with Gasteiger partial charge < -0.3 is 4.90 Å². The number of amides is 1. The Morgan fingerprint density at radius 3 is 2.28 bits per heavy atom. The fourth-order valence-electron chi connectivity index (χ4n) is 2.30. The number of carbonyl (C=O) groups is 1. The maximum Gasteiger partial charge on any atom is 0.246 e. The quantitative estimate of drug-likeness (QED) is 0.740. The number of likely N-dealkylation sites (N-methyl/N-ethyl adjacent to an activating group) is 1. The predicted octanol–water partition coefficient (Wildman–Crippen LogP) is 3.98. The monoisotopic (exact) mass is 377 g/mol. The summed E-state index contributed by atoms with van der Waals surface area (Å²) in [5.41, 5.74) is 1.63. The van der Waals surface area contributed by atoms with E-state index in [1.165, 1.54) is 12.3 Å². The van der Waals surface area contributed by atoms with Crippen LogP contribution in [-0.2, 0) is 14.6 Å². The number of nitrogens with zero attached hydrogens (tertiary/aromatic N) is 1. The van der Waals surface area contributed by atoms with Gasteiger partial charge in [0, 0.05) is 24.4 Å². The first-order valence-corrected chi connectivity index (χ1v) is 9.96. The second-order valence-electron chi connectivity index (χ2n) is 5.82. The van der Waals surface area contributed by atoms with E-state index in [0.717, 1.165) is 11.1 Å². The van der Waals surface area contributed by atoms with Crippen molar-refractivity contribution in [3.05, 3.63) is 70.8 Å². The molecule has 0 heterocycles. The fourth-order valence-corrected chi connectivity index (χ4v) is 3.13. The molecule has 6 heteroatoms. The molecule has 0 radical (unpaired) electrons. The van der Waals surface area contributed by atoms with E-state index >= 15 is 0 Å². The van der Waals surface area contributed by atoms with E-state index in [2.05, 4.69) is 0 Å². The highest BCUT2D eigenvalue weighted by Crippen LogP contribution is 2.22. The van der Waals surface area contributed by atoms with Crippen LogP contribution in [0.3, 0.4) is 0 Å². The Morgan fingerprint density at radius 2 is 1.72 bits per heavy atom. The van der Waals surface area contributed by atoms with E-state index in [1.807, 2.05) is 25.1 Å². The maximum absolute atomic E-state index is 12.4. The van der Waals surface area contributed by atoms with Crippen molar-refractivity contribution >= 4 is 33.4 Å². The summed E-state index contributed by atoms with van der Waals surface area (Å²) in [5.74, 6) is -0.167. The summed E-state index contributed by atoms with van der Waals surface area (Å²) < 4.78 is 23.0. The van der Waals surface area contributed by atoms with Crippen LogP contribution >= 0.6 is 11.6 Å². The second-order valence-corrected chi connectivity index (χ2v) is 8.24. The van der Waals surface area contributed by atoms with Gasteiger partial charge >= 0.3 is 0 Å². The topological polar surface area (TPSA) is 54.5 Å². The standard InChI is InChI=1S/C19H20ClNO3S/c1-14(15-8-11-17(12-9-15)25(3,23)24)21(2)19(22)13-10-16-6-4-5-7-18(16)20/h4-14H,1-3H3/b13-10+/t14-/m0/s1. The zero-order valence-corrected chi connectivity index (χ0v) is 15.9. The molecule has 0 saturated carbocycles. The molecule has 0 saturated heterocycles. The molecule has 2 aromatic rings. The van der Waals surface area contributed by atoms with Gasteiger partial charge in [-0.3, -0.25) is 4.79 Å². The molecule has 1 atom stereocenters. The third kappa shape index (κ3) is 4.94. The molecule has 0 aliphatic carbocycles. The normalized spacial score (nSPS) is 13.0. The van der Waals surface area contributed by atoms with Crippen LogP contribution in [0.2, 0.25) is 5.02 Å². The first kappa shape index (κ1) is 19.2. The molecule has 0 bridgehead atoms. The lowest BCUT2D eigenvalue weighted by atomic mass is 10.1. The largest absolute Gasteiger partial charge is 0.335 e. The van der Waals surface area contributed by atoms with Crippen LogP contribution in [0.15, 0.2) is 59.5 Å². The van der Waals surface area contributed by atoms with E-state index in [9.17, 15) is 13.2 Å². The molecule has 1 amide bonds. The van der Waals surface area contributed by atoms with E-state index in [0.29, 0.717) is 5.02 Å². The second kappa shape index (κ2) is 7.85. The van der Waals surface area contributed by atoms with Crippen molar-refractivity contribution in [1.82, 2.24) is 4.90 Å². The number of sulfone groups is 1. The van der Waals surface area contributed by atoms with Gasteiger partial charge in [-0.1, -0.05) is 41.9 Å². The summed E-state index contributed by atoms with van der Waals surface area (Å²) in [7, 11) is -1.53. The summed E-state index contributed by atoms with van der Waals surface area (Å²) >= 11 is 6.07. The number of carbonyl (C=O) groups excluding carboxylic acids is 1. The highest BCUT2D eigenvalue weighted by atomic mass is 35.5. The van der Waals surface area contributed by atoms with Crippen LogP contribution in [0.25, 0.3) is 6.08 Å². The Bertz CT molecular complexity index is 889. The molecule has 0 unspecified atom stereocenters. The van der Waals surface area contributed by atoms with Gasteiger partial charge in [0.15, 0.2) is 9.84 Å². The van der Waals surface area contributed by atoms with E-state index in [4.69, 9.17) is 11.6 Å². The third-order valence-corrected chi connectivity index (χ3v) is 5.50. The minimum Gasteiger partial charge on any atom is -0.335 e. The molecule has 0 aliphatic rings. The van der Waals surface area contributed by atoms with E-state index < -0.39 is 9.84 Å². The fraction of sp³-hybridized carbons (Fsp3) is 0.211. The Hall–Kier alpha value is -2.11. The average molecular weight is 378 g/mol. The van der Waals surface area contributed by atoms with Crippen LogP contribution in [0.1, 0.15) is 24.1 Å². The lowest BCUT2D eigenvalue weighted by Gasteiger charge is -2.24. The van der Waals surface area contributed by atoms with Gasteiger partial charge in [0.1, 0.15) is 0 Å². The number of halogens is 1. The summed E-state index contributed by atoms with van der Waals surface area (Å²) in [6, 6.07) is 13.6. The zero-order valence-electron chi connectivity index (χ0n) is 14.3. The van der Waals surface area contributed by atoms with Gasteiger partial charge in [-0.25, -0.2) is 8.42 Å². The van der Waals surface area contributed by atoms with E-state index in [-0.39, 0.29) is 16.8 Å². The first-order valence-electron chi connectivity index (χ1n) is 7.69. The van der Waals surface area contributed by atoms with Crippen LogP contribution < -0.4 is 0 Å². The molecule has 4 nitrogen and oxygen atoms in total. The molecule has 0 fully saturated rings. The third-order valence-electron chi connectivity index (χ3n) is 4.03. The summed E-state index contributed by atoms with van der Waals surface area (Å²) in [6.45, 7) is 1.89. The molecule has 25 heavy (non-hydrogen) atoms. The summed E-state index contributed by atoms with van der Waals surface area (Å²) in [5, 5.41) is 0.582. The molecule has 2 aromatic carbocycles. The van der Waals surface area contributed by atoms with Gasteiger partial charge in [0.2, 0.25) is 5.91 Å². The molecule has 0 N–H and O–H groups in total. The van der Waals surface area contributed by atoms with Crippen molar-refractivity contribution in [3.63, 3.8) is 0 Å². The van der Waals surface area contributed by atoms with Crippen LogP contribution in [-0.4, -0.2) is 32.5 Å². The zero-order chi connectivity index (χ0) is 18.6. The molecule has 0 aliphatic heterocycles. The number of rotatable bonds is 5. The minimum atomic E-state index is -3.23. The Balaban J connectivity index is 2.12. The summed E-state index contributed by atoms with van der Waals surface area (Å²) in [4.78, 5) is 14.2. The Kier molecular flexibility index (Phi) is 6.03. The maximum atomic E-state index is 12.4. The molecular formula is C19H20ClNO3S. The van der Waals surface area contributed by atoms with Gasteiger partial charge in [0.05, 0.1) is 10.9 Å². The van der Waals surface area contributed by atoms with Crippen molar-refractivity contribution in [2.45, 2.75) is 17.9 Å². The molecular weight excluding hydrogens is 358 g/mol. The Labute approximate surface area is 153 Å². The molecule has 0 aromatic heterocycles. The van der Waals surface area contributed by atoms with Crippen LogP contribution in [0.5, 0.6) is 0 Å². The van der Waals surface area contributed by atoms with Crippen molar-refractivity contribution < 1.29 is 13.2 Å². The number of hydrogen-bond donors (Lipinski definition) is 0.